The predicted octanol–water partition coefficient (Wildman–Crippen LogP) is 2.70. The molecule has 3 nitrogen and oxygen atoms in total. The number of aromatic nitrogens is 3. The van der Waals surface area contributed by atoms with Crippen molar-refractivity contribution in [2.24, 2.45) is 0 Å². The SMILES string of the molecule is FC(F)(F)c1cnc2nc(Cl)cnc2c1. The number of nitrogens with zero attached hydrogens (tertiary/aromatic N) is 3. The van der Waals surface area contributed by atoms with Crippen LogP contribution >= 0.6 is 11.6 Å². The second-order valence-electron chi connectivity index (χ2n) is 2.76. The zero-order valence-electron chi connectivity index (χ0n) is 7.09. The second kappa shape index (κ2) is 3.30. The van der Waals surface area contributed by atoms with Crippen LogP contribution < -0.4 is 0 Å². The normalized spacial score (nSPS) is 12.0. The molecular formula is C8H3ClF3N3. The molecule has 0 aromatic carbocycles. The van der Waals surface area contributed by atoms with Gasteiger partial charge in [0.25, 0.3) is 0 Å². The van der Waals surface area contributed by atoms with E-state index in [9.17, 15) is 13.2 Å². The first-order valence-corrected chi connectivity index (χ1v) is 4.20. The Morgan fingerprint density at radius 2 is 1.87 bits per heavy atom. The number of fused-ring (bicyclic) bond motifs is 1. The fraction of sp³-hybridized carbons (Fsp3) is 0.125. The summed E-state index contributed by atoms with van der Waals surface area (Å²) in [6.45, 7) is 0. The molecule has 7 heteroatoms. The largest absolute Gasteiger partial charge is 0.417 e. The molecule has 0 aliphatic heterocycles. The highest BCUT2D eigenvalue weighted by Crippen LogP contribution is 2.29. The molecule has 0 radical (unpaired) electrons. The van der Waals surface area contributed by atoms with Gasteiger partial charge in [0.1, 0.15) is 10.7 Å². The maximum atomic E-state index is 12.3. The van der Waals surface area contributed by atoms with Crippen LogP contribution in [0.4, 0.5) is 13.2 Å². The summed E-state index contributed by atoms with van der Waals surface area (Å²) in [5.74, 6) is 0. The summed E-state index contributed by atoms with van der Waals surface area (Å²) in [7, 11) is 0. The van der Waals surface area contributed by atoms with E-state index in [2.05, 4.69) is 15.0 Å². The molecular weight excluding hydrogens is 231 g/mol. The number of halogens is 4. The summed E-state index contributed by atoms with van der Waals surface area (Å²) < 4.78 is 36.8. The lowest BCUT2D eigenvalue weighted by atomic mass is 10.2. The van der Waals surface area contributed by atoms with Gasteiger partial charge in [-0.3, -0.25) is 0 Å². The van der Waals surface area contributed by atoms with Gasteiger partial charge in [0.05, 0.1) is 11.8 Å². The van der Waals surface area contributed by atoms with Crippen LogP contribution in [-0.2, 0) is 6.18 Å². The van der Waals surface area contributed by atoms with E-state index in [-0.39, 0.29) is 16.3 Å². The Morgan fingerprint density at radius 3 is 2.53 bits per heavy atom. The van der Waals surface area contributed by atoms with Crippen molar-refractivity contribution in [2.45, 2.75) is 6.18 Å². The Kier molecular flexibility index (Phi) is 2.22. The van der Waals surface area contributed by atoms with Crippen LogP contribution in [-0.4, -0.2) is 15.0 Å². The van der Waals surface area contributed by atoms with Gasteiger partial charge in [0, 0.05) is 6.20 Å². The highest BCUT2D eigenvalue weighted by atomic mass is 35.5. The van der Waals surface area contributed by atoms with Crippen molar-refractivity contribution in [2.75, 3.05) is 0 Å². The van der Waals surface area contributed by atoms with Gasteiger partial charge < -0.3 is 0 Å². The molecule has 2 aromatic rings. The molecule has 0 amide bonds. The number of hydrogen-bond acceptors (Lipinski definition) is 3. The van der Waals surface area contributed by atoms with Crippen molar-refractivity contribution in [1.29, 1.82) is 0 Å². The molecule has 0 bridgehead atoms. The van der Waals surface area contributed by atoms with Crippen molar-refractivity contribution in [3.05, 3.63) is 29.2 Å². The summed E-state index contributed by atoms with van der Waals surface area (Å²) in [6, 6.07) is 0.881. The van der Waals surface area contributed by atoms with Crippen LogP contribution in [0.25, 0.3) is 11.2 Å². The summed E-state index contributed by atoms with van der Waals surface area (Å²) in [5, 5.41) is 0.0924. The average molecular weight is 234 g/mol. The molecule has 0 fully saturated rings. The standard InChI is InChI=1S/C8H3ClF3N3/c9-6-3-13-5-1-4(8(10,11)12)2-14-7(5)15-6/h1-3H. The third-order valence-electron chi connectivity index (χ3n) is 1.70. The van der Waals surface area contributed by atoms with E-state index in [1.165, 1.54) is 6.20 Å². The number of rotatable bonds is 0. The average Bonchev–Trinajstić information content (AvgIpc) is 2.15. The molecule has 2 aromatic heterocycles. The van der Waals surface area contributed by atoms with Crippen molar-refractivity contribution in [3.63, 3.8) is 0 Å². The molecule has 0 unspecified atom stereocenters. The minimum absolute atomic E-state index is 0.0641. The number of hydrogen-bond donors (Lipinski definition) is 0. The lowest BCUT2D eigenvalue weighted by Crippen LogP contribution is -2.05. The predicted molar refractivity (Wildman–Crippen MR) is 47.3 cm³/mol. The van der Waals surface area contributed by atoms with E-state index in [1.807, 2.05) is 0 Å². The molecule has 0 N–H and O–H groups in total. The lowest BCUT2D eigenvalue weighted by Gasteiger charge is -2.05. The van der Waals surface area contributed by atoms with Crippen LogP contribution in [0.5, 0.6) is 0 Å². The van der Waals surface area contributed by atoms with Gasteiger partial charge in [-0.2, -0.15) is 13.2 Å². The Labute approximate surface area is 86.9 Å². The van der Waals surface area contributed by atoms with Gasteiger partial charge in [-0.15, -0.1) is 0 Å². The lowest BCUT2D eigenvalue weighted by molar-refractivity contribution is -0.137. The molecule has 2 heterocycles. The first kappa shape index (κ1) is 10.1. The molecule has 0 saturated carbocycles. The summed E-state index contributed by atoms with van der Waals surface area (Å²) in [4.78, 5) is 11.0. The third-order valence-corrected chi connectivity index (χ3v) is 1.88. The van der Waals surface area contributed by atoms with Crippen LogP contribution in [0.2, 0.25) is 5.15 Å². The van der Waals surface area contributed by atoms with Gasteiger partial charge in [-0.05, 0) is 6.07 Å². The first-order chi connectivity index (χ1) is 6.97. The molecule has 15 heavy (non-hydrogen) atoms. The fourth-order valence-electron chi connectivity index (χ4n) is 1.03. The second-order valence-corrected chi connectivity index (χ2v) is 3.14. The Bertz CT molecular complexity index is 512. The Morgan fingerprint density at radius 1 is 1.13 bits per heavy atom. The monoisotopic (exact) mass is 233 g/mol. The maximum absolute atomic E-state index is 12.3. The summed E-state index contributed by atoms with van der Waals surface area (Å²) >= 11 is 5.51. The highest BCUT2D eigenvalue weighted by Gasteiger charge is 2.31. The summed E-state index contributed by atoms with van der Waals surface area (Å²) in [6.07, 6.45) is -2.55. The van der Waals surface area contributed by atoms with E-state index in [0.717, 1.165) is 6.07 Å². The fourth-order valence-corrected chi connectivity index (χ4v) is 1.16. The molecule has 2 rings (SSSR count). The van der Waals surface area contributed by atoms with Gasteiger partial charge in [-0.1, -0.05) is 11.6 Å². The van der Waals surface area contributed by atoms with E-state index in [1.54, 1.807) is 0 Å². The zero-order valence-corrected chi connectivity index (χ0v) is 7.84. The number of pyridine rings is 1. The molecule has 78 valence electrons. The van der Waals surface area contributed by atoms with Gasteiger partial charge in [-0.25, -0.2) is 15.0 Å². The Balaban J connectivity index is 2.62. The topological polar surface area (TPSA) is 38.7 Å². The van der Waals surface area contributed by atoms with E-state index in [0.29, 0.717) is 6.20 Å². The highest BCUT2D eigenvalue weighted by molar-refractivity contribution is 6.29. The van der Waals surface area contributed by atoms with Crippen molar-refractivity contribution >= 4 is 22.8 Å². The number of alkyl halides is 3. The van der Waals surface area contributed by atoms with Gasteiger partial charge >= 0.3 is 6.18 Å². The zero-order chi connectivity index (χ0) is 11.1. The molecule has 0 atom stereocenters. The minimum atomic E-state index is -4.43. The van der Waals surface area contributed by atoms with Crippen molar-refractivity contribution in [1.82, 2.24) is 15.0 Å². The molecule has 0 aliphatic carbocycles. The maximum Gasteiger partial charge on any atom is 0.417 e. The van der Waals surface area contributed by atoms with E-state index in [4.69, 9.17) is 11.6 Å². The summed E-state index contributed by atoms with van der Waals surface area (Å²) in [5.41, 5.74) is -0.698. The van der Waals surface area contributed by atoms with Crippen molar-refractivity contribution in [3.8, 4) is 0 Å². The smallest absolute Gasteiger partial charge is 0.250 e. The van der Waals surface area contributed by atoms with Gasteiger partial charge in [0.2, 0.25) is 0 Å². The van der Waals surface area contributed by atoms with Gasteiger partial charge in [0.15, 0.2) is 5.65 Å². The molecule has 0 saturated heterocycles. The van der Waals surface area contributed by atoms with Crippen LogP contribution in [0.15, 0.2) is 18.5 Å². The van der Waals surface area contributed by atoms with Crippen LogP contribution in [0.3, 0.4) is 0 Å². The minimum Gasteiger partial charge on any atom is -0.250 e. The van der Waals surface area contributed by atoms with Crippen molar-refractivity contribution < 1.29 is 13.2 Å². The van der Waals surface area contributed by atoms with Crippen LogP contribution in [0, 0.1) is 0 Å². The third kappa shape index (κ3) is 1.99. The van der Waals surface area contributed by atoms with E-state index >= 15 is 0 Å². The van der Waals surface area contributed by atoms with E-state index < -0.39 is 11.7 Å². The molecule has 0 spiro atoms. The molecule has 0 aliphatic rings. The Hall–Kier alpha value is -1.43. The quantitative estimate of drug-likeness (QED) is 0.702. The first-order valence-electron chi connectivity index (χ1n) is 3.82. The van der Waals surface area contributed by atoms with Crippen LogP contribution in [0.1, 0.15) is 5.56 Å².